The molecular formula is C15H15N7NaO2+. The Bertz CT molecular complexity index is 838. The van der Waals surface area contributed by atoms with Gasteiger partial charge in [-0.05, 0) is 17.3 Å². The number of anilines is 2. The Hall–Kier alpha value is -2.49. The van der Waals surface area contributed by atoms with Crippen molar-refractivity contribution >= 4 is 17.5 Å². The fourth-order valence-electron chi connectivity index (χ4n) is 2.08. The molecule has 3 aromatic rings. The van der Waals surface area contributed by atoms with Gasteiger partial charge in [0.1, 0.15) is 11.4 Å². The van der Waals surface area contributed by atoms with E-state index < -0.39 is 5.91 Å². The minimum atomic E-state index is -0.455. The molecule has 0 saturated carbocycles. The monoisotopic (exact) mass is 348 g/mol. The SMILES string of the molecule is CNc1ccc(-c2cc(OC)cc(C(=O)Nc3nn[nH]n3)n2)cc1.[Na+]. The molecule has 3 N–H and O–H groups in total. The van der Waals surface area contributed by atoms with E-state index in [9.17, 15) is 4.79 Å². The number of aromatic nitrogens is 5. The van der Waals surface area contributed by atoms with Crippen LogP contribution in [-0.4, -0.2) is 45.7 Å². The van der Waals surface area contributed by atoms with E-state index >= 15 is 0 Å². The van der Waals surface area contributed by atoms with Gasteiger partial charge in [0, 0.05) is 30.4 Å². The van der Waals surface area contributed by atoms with Gasteiger partial charge < -0.3 is 10.1 Å². The van der Waals surface area contributed by atoms with Crippen LogP contribution in [0.15, 0.2) is 36.4 Å². The molecule has 0 unspecified atom stereocenters. The van der Waals surface area contributed by atoms with Crippen LogP contribution in [0.4, 0.5) is 11.6 Å². The number of methoxy groups -OCH3 is 1. The summed E-state index contributed by atoms with van der Waals surface area (Å²) < 4.78 is 5.27. The first kappa shape index (κ1) is 18.8. The zero-order valence-corrected chi connectivity index (χ0v) is 16.1. The second-order valence-electron chi connectivity index (χ2n) is 4.79. The number of carbonyl (C=O) groups is 1. The maximum absolute atomic E-state index is 12.3. The van der Waals surface area contributed by atoms with Crippen molar-refractivity contribution in [2.45, 2.75) is 0 Å². The molecule has 9 nitrogen and oxygen atoms in total. The predicted molar refractivity (Wildman–Crippen MR) is 87.9 cm³/mol. The maximum atomic E-state index is 12.3. The summed E-state index contributed by atoms with van der Waals surface area (Å²) in [5.41, 5.74) is 2.65. The molecule has 10 heteroatoms. The Balaban J connectivity index is 0.00000225. The molecule has 2 heterocycles. The van der Waals surface area contributed by atoms with Crippen molar-refractivity contribution in [3.8, 4) is 17.0 Å². The summed E-state index contributed by atoms with van der Waals surface area (Å²) in [6, 6.07) is 11.0. The fourth-order valence-corrected chi connectivity index (χ4v) is 2.08. The summed E-state index contributed by atoms with van der Waals surface area (Å²) in [5, 5.41) is 18.6. The number of amides is 1. The van der Waals surface area contributed by atoms with E-state index in [-0.39, 0.29) is 41.2 Å². The number of benzene rings is 1. The number of rotatable bonds is 5. The number of aromatic amines is 1. The number of hydrogen-bond acceptors (Lipinski definition) is 7. The number of tetrazole rings is 1. The van der Waals surface area contributed by atoms with E-state index in [1.807, 2.05) is 31.3 Å². The van der Waals surface area contributed by atoms with Crippen LogP contribution in [0.25, 0.3) is 11.3 Å². The minimum absolute atomic E-state index is 0. The van der Waals surface area contributed by atoms with Gasteiger partial charge in [-0.3, -0.25) is 10.1 Å². The number of pyridine rings is 1. The number of carbonyl (C=O) groups excluding carboxylic acids is 1. The minimum Gasteiger partial charge on any atom is -0.497 e. The summed E-state index contributed by atoms with van der Waals surface area (Å²) in [5.74, 6) is 0.142. The van der Waals surface area contributed by atoms with Crippen LogP contribution in [0.2, 0.25) is 0 Å². The van der Waals surface area contributed by atoms with E-state index in [2.05, 4.69) is 36.2 Å². The van der Waals surface area contributed by atoms with Crippen molar-refractivity contribution in [1.82, 2.24) is 25.6 Å². The first-order chi connectivity index (χ1) is 11.7. The standard InChI is InChI=1S/C15H15N7O2.Na/c1-16-10-5-3-9(4-6-10)12-7-11(24-2)8-13(17-12)14(23)18-15-19-21-22-20-15;/h3-8,16H,1-2H3,(H2,18,19,20,21,22,23);/q;+1. The Morgan fingerprint density at radius 3 is 2.56 bits per heavy atom. The van der Waals surface area contributed by atoms with Gasteiger partial charge in [0.15, 0.2) is 0 Å². The molecule has 122 valence electrons. The van der Waals surface area contributed by atoms with Crippen LogP contribution < -0.4 is 44.9 Å². The number of H-pyrrole nitrogens is 1. The second kappa shape index (κ2) is 8.56. The summed E-state index contributed by atoms with van der Waals surface area (Å²) in [6.07, 6.45) is 0. The summed E-state index contributed by atoms with van der Waals surface area (Å²) in [7, 11) is 3.38. The average molecular weight is 348 g/mol. The quantitative estimate of drug-likeness (QED) is 0.484. The first-order valence-electron chi connectivity index (χ1n) is 7.08. The van der Waals surface area contributed by atoms with Gasteiger partial charge in [-0.25, -0.2) is 4.98 Å². The van der Waals surface area contributed by atoms with Crippen LogP contribution in [0.3, 0.4) is 0 Å². The third-order valence-electron chi connectivity index (χ3n) is 3.31. The van der Waals surface area contributed by atoms with Crippen LogP contribution in [0, 0.1) is 0 Å². The van der Waals surface area contributed by atoms with Gasteiger partial charge in [0.2, 0.25) is 0 Å². The van der Waals surface area contributed by atoms with Gasteiger partial charge >= 0.3 is 29.6 Å². The Morgan fingerprint density at radius 2 is 1.96 bits per heavy atom. The van der Waals surface area contributed by atoms with Gasteiger partial charge in [-0.1, -0.05) is 17.2 Å². The van der Waals surface area contributed by atoms with Gasteiger partial charge in [-0.2, -0.15) is 5.21 Å². The molecule has 0 spiro atoms. The number of hydrogen-bond donors (Lipinski definition) is 3. The fraction of sp³-hybridized carbons (Fsp3) is 0.133. The normalized spacial score (nSPS) is 9.84. The molecule has 0 saturated heterocycles. The predicted octanol–water partition coefficient (Wildman–Crippen LogP) is -1.43. The zero-order valence-electron chi connectivity index (χ0n) is 14.1. The van der Waals surface area contributed by atoms with Crippen molar-refractivity contribution in [3.05, 3.63) is 42.1 Å². The second-order valence-corrected chi connectivity index (χ2v) is 4.79. The molecule has 0 bridgehead atoms. The molecule has 0 aliphatic carbocycles. The topological polar surface area (TPSA) is 118 Å². The molecule has 1 aromatic carbocycles. The summed E-state index contributed by atoms with van der Waals surface area (Å²) >= 11 is 0. The Morgan fingerprint density at radius 1 is 1.20 bits per heavy atom. The number of nitrogens with one attached hydrogen (secondary N) is 3. The third-order valence-corrected chi connectivity index (χ3v) is 3.31. The molecule has 0 atom stereocenters. The van der Waals surface area contributed by atoms with Crippen molar-refractivity contribution in [3.63, 3.8) is 0 Å². The average Bonchev–Trinajstić information content (AvgIpc) is 3.14. The summed E-state index contributed by atoms with van der Waals surface area (Å²) in [6.45, 7) is 0. The van der Waals surface area contributed by atoms with Crippen molar-refractivity contribution < 1.29 is 39.1 Å². The van der Waals surface area contributed by atoms with Crippen LogP contribution in [0.5, 0.6) is 5.75 Å². The van der Waals surface area contributed by atoms with Crippen LogP contribution in [0.1, 0.15) is 10.5 Å². The van der Waals surface area contributed by atoms with E-state index in [0.717, 1.165) is 11.3 Å². The van der Waals surface area contributed by atoms with Crippen molar-refractivity contribution in [2.24, 2.45) is 0 Å². The van der Waals surface area contributed by atoms with E-state index in [4.69, 9.17) is 4.74 Å². The zero-order chi connectivity index (χ0) is 16.9. The van der Waals surface area contributed by atoms with E-state index in [1.54, 1.807) is 12.1 Å². The smallest absolute Gasteiger partial charge is 0.497 e. The molecule has 25 heavy (non-hydrogen) atoms. The maximum Gasteiger partial charge on any atom is 1.00 e. The molecule has 0 aliphatic rings. The largest absolute Gasteiger partial charge is 1.00 e. The van der Waals surface area contributed by atoms with Gasteiger partial charge in [0.25, 0.3) is 11.9 Å². The third kappa shape index (κ3) is 4.53. The number of nitrogens with zero attached hydrogens (tertiary/aromatic N) is 4. The molecule has 0 fully saturated rings. The molecule has 3 rings (SSSR count). The molecule has 1 amide bonds. The van der Waals surface area contributed by atoms with E-state index in [1.165, 1.54) is 7.11 Å². The van der Waals surface area contributed by atoms with Gasteiger partial charge in [-0.15, -0.1) is 5.10 Å². The van der Waals surface area contributed by atoms with Gasteiger partial charge in [0.05, 0.1) is 12.8 Å². The van der Waals surface area contributed by atoms with E-state index in [0.29, 0.717) is 11.4 Å². The first-order valence-corrected chi connectivity index (χ1v) is 7.08. The Labute approximate surface area is 165 Å². The van der Waals surface area contributed by atoms with Crippen LogP contribution in [-0.2, 0) is 0 Å². The Kier molecular flexibility index (Phi) is 6.45. The molecule has 2 aromatic heterocycles. The molecular weight excluding hydrogens is 333 g/mol. The van der Waals surface area contributed by atoms with Crippen LogP contribution >= 0.6 is 0 Å². The molecule has 0 aliphatic heterocycles. The number of ether oxygens (including phenoxy) is 1. The van der Waals surface area contributed by atoms with Crippen molar-refractivity contribution in [2.75, 3.05) is 24.8 Å². The van der Waals surface area contributed by atoms with Crippen molar-refractivity contribution in [1.29, 1.82) is 0 Å². The molecule has 0 radical (unpaired) electrons. The summed E-state index contributed by atoms with van der Waals surface area (Å²) in [4.78, 5) is 16.7.